The number of benzene rings is 2. The molecule has 2 rings (SSSR count). The monoisotopic (exact) mass is 555 g/mol. The Morgan fingerprint density at radius 1 is 1.03 bits per heavy atom. The first-order valence-corrected chi connectivity index (χ1v) is 14.5. The van der Waals surface area contributed by atoms with Crippen molar-refractivity contribution in [2.24, 2.45) is 0 Å². The van der Waals surface area contributed by atoms with Crippen molar-refractivity contribution in [3.05, 3.63) is 63.1 Å². The summed E-state index contributed by atoms with van der Waals surface area (Å²) in [6, 6.07) is 9.45. The maximum Gasteiger partial charge on any atom is 0.244 e. The minimum Gasteiger partial charge on any atom is -0.352 e. The van der Waals surface area contributed by atoms with Gasteiger partial charge in [0.15, 0.2) is 0 Å². The second-order valence-corrected chi connectivity index (χ2v) is 11.8. The lowest BCUT2D eigenvalue weighted by atomic mass is 10.1. The second kappa shape index (κ2) is 12.8. The first kappa shape index (κ1) is 29.9. The Morgan fingerprint density at radius 2 is 1.69 bits per heavy atom. The molecule has 0 heterocycles. The Kier molecular flexibility index (Phi) is 10.6. The van der Waals surface area contributed by atoms with Gasteiger partial charge in [0.2, 0.25) is 21.8 Å². The van der Waals surface area contributed by atoms with Crippen LogP contribution in [0.3, 0.4) is 0 Å². The van der Waals surface area contributed by atoms with E-state index in [9.17, 15) is 18.0 Å². The zero-order chi connectivity index (χ0) is 27.2. The highest BCUT2D eigenvalue weighted by atomic mass is 35.5. The van der Waals surface area contributed by atoms with E-state index >= 15 is 0 Å². The molecule has 2 aromatic carbocycles. The molecule has 36 heavy (non-hydrogen) atoms. The number of hydrogen-bond donors (Lipinski definition) is 1. The van der Waals surface area contributed by atoms with Gasteiger partial charge in [-0.05, 0) is 68.5 Å². The van der Waals surface area contributed by atoms with Crippen LogP contribution in [0.15, 0.2) is 36.4 Å². The minimum atomic E-state index is -3.81. The molecule has 0 aliphatic carbocycles. The van der Waals surface area contributed by atoms with Crippen LogP contribution >= 0.6 is 23.2 Å². The van der Waals surface area contributed by atoms with Crippen molar-refractivity contribution in [3.63, 3.8) is 0 Å². The van der Waals surface area contributed by atoms with Gasteiger partial charge in [0.1, 0.15) is 12.6 Å². The molecular formula is C26H35Cl2N3O4S. The molecule has 1 N–H and O–H groups in total. The van der Waals surface area contributed by atoms with Crippen molar-refractivity contribution >= 4 is 50.7 Å². The van der Waals surface area contributed by atoms with Gasteiger partial charge in [-0.3, -0.25) is 13.9 Å². The van der Waals surface area contributed by atoms with Crippen LogP contribution in [0.25, 0.3) is 0 Å². The first-order valence-electron chi connectivity index (χ1n) is 11.9. The summed E-state index contributed by atoms with van der Waals surface area (Å²) in [6.07, 6.45) is 2.13. The zero-order valence-corrected chi connectivity index (χ0v) is 24.0. The topological polar surface area (TPSA) is 86.8 Å². The maximum atomic E-state index is 13.8. The van der Waals surface area contributed by atoms with Crippen LogP contribution in [-0.2, 0) is 26.2 Å². The van der Waals surface area contributed by atoms with E-state index in [1.165, 1.54) is 4.90 Å². The number of hydrogen-bond acceptors (Lipinski definition) is 4. The first-order chi connectivity index (χ1) is 16.8. The SMILES string of the molecule is CC[C@@H](C)NC(=O)[C@H](CC)N(Cc1ccc(Cl)cc1Cl)C(=O)CN(c1cc(C)ccc1C)S(C)(=O)=O. The Balaban J connectivity index is 2.52. The highest BCUT2D eigenvalue weighted by molar-refractivity contribution is 7.92. The van der Waals surface area contributed by atoms with Gasteiger partial charge in [0, 0.05) is 22.6 Å². The second-order valence-electron chi connectivity index (χ2n) is 9.06. The van der Waals surface area contributed by atoms with E-state index in [1.807, 2.05) is 39.8 Å². The van der Waals surface area contributed by atoms with E-state index in [0.717, 1.165) is 22.5 Å². The number of halogens is 2. The number of anilines is 1. The fourth-order valence-corrected chi connectivity index (χ4v) is 5.14. The van der Waals surface area contributed by atoms with E-state index in [4.69, 9.17) is 23.2 Å². The maximum absolute atomic E-state index is 13.8. The van der Waals surface area contributed by atoms with Gasteiger partial charge in [-0.2, -0.15) is 0 Å². The number of sulfonamides is 1. The fourth-order valence-electron chi connectivity index (χ4n) is 3.78. The average molecular weight is 557 g/mol. The van der Waals surface area contributed by atoms with Crippen LogP contribution in [0.5, 0.6) is 0 Å². The highest BCUT2D eigenvalue weighted by Crippen LogP contribution is 2.26. The molecule has 2 atom stereocenters. The summed E-state index contributed by atoms with van der Waals surface area (Å²) in [5.41, 5.74) is 2.60. The molecular weight excluding hydrogens is 521 g/mol. The van der Waals surface area contributed by atoms with Crippen molar-refractivity contribution in [3.8, 4) is 0 Å². The molecule has 0 saturated carbocycles. The van der Waals surface area contributed by atoms with Crippen LogP contribution in [0.4, 0.5) is 5.69 Å². The molecule has 0 fully saturated rings. The lowest BCUT2D eigenvalue weighted by Crippen LogP contribution is -2.53. The molecule has 0 radical (unpaired) electrons. The standard InChI is InChI=1S/C26H35Cl2N3O4S/c1-7-19(5)29-26(33)23(8-2)30(15-20-11-12-21(27)14-22(20)28)25(32)16-31(36(6,34)35)24-13-17(3)9-10-18(24)4/h9-14,19,23H,7-8,15-16H2,1-6H3,(H,29,33)/t19-,23+/m1/s1. The number of carbonyl (C=O) groups excluding carboxylic acids is 2. The Bertz CT molecular complexity index is 1200. The number of nitrogens with zero attached hydrogens (tertiary/aromatic N) is 2. The number of aryl methyl sites for hydroxylation is 2. The molecule has 0 bridgehead atoms. The van der Waals surface area contributed by atoms with Gasteiger partial charge in [0.25, 0.3) is 0 Å². The Hall–Kier alpha value is -2.29. The molecule has 0 saturated heterocycles. The van der Waals surface area contributed by atoms with Crippen molar-refractivity contribution in [1.82, 2.24) is 10.2 Å². The molecule has 0 aliphatic heterocycles. The predicted molar refractivity (Wildman–Crippen MR) is 147 cm³/mol. The third-order valence-corrected chi connectivity index (χ3v) is 7.77. The van der Waals surface area contributed by atoms with E-state index < -0.39 is 28.5 Å². The number of carbonyl (C=O) groups is 2. The number of amides is 2. The zero-order valence-electron chi connectivity index (χ0n) is 21.6. The van der Waals surface area contributed by atoms with Gasteiger partial charge in [0.05, 0.1) is 11.9 Å². The van der Waals surface area contributed by atoms with E-state index in [2.05, 4.69) is 5.32 Å². The summed E-state index contributed by atoms with van der Waals surface area (Å²) in [5, 5.41) is 3.74. The van der Waals surface area contributed by atoms with Gasteiger partial charge < -0.3 is 10.2 Å². The van der Waals surface area contributed by atoms with Gasteiger partial charge in [-0.15, -0.1) is 0 Å². The molecule has 0 unspecified atom stereocenters. The quantitative estimate of drug-likeness (QED) is 0.418. The Morgan fingerprint density at radius 3 is 2.25 bits per heavy atom. The van der Waals surface area contributed by atoms with Crippen molar-refractivity contribution < 1.29 is 18.0 Å². The van der Waals surface area contributed by atoms with Crippen LogP contribution in [-0.4, -0.2) is 50.0 Å². The average Bonchev–Trinajstić information content (AvgIpc) is 2.79. The number of rotatable bonds is 11. The van der Waals surface area contributed by atoms with E-state index in [-0.39, 0.29) is 18.5 Å². The summed E-state index contributed by atoms with van der Waals surface area (Å²) in [5.74, 6) is -0.818. The largest absolute Gasteiger partial charge is 0.352 e. The van der Waals surface area contributed by atoms with Crippen molar-refractivity contribution in [1.29, 1.82) is 0 Å². The molecule has 10 heteroatoms. The fraction of sp³-hybridized carbons (Fsp3) is 0.462. The van der Waals surface area contributed by atoms with Crippen LogP contribution in [0, 0.1) is 13.8 Å². The van der Waals surface area contributed by atoms with Crippen LogP contribution in [0.2, 0.25) is 10.0 Å². The summed E-state index contributed by atoms with van der Waals surface area (Å²) < 4.78 is 26.7. The third-order valence-electron chi connectivity index (χ3n) is 6.06. The summed E-state index contributed by atoms with van der Waals surface area (Å²) >= 11 is 12.4. The molecule has 2 aromatic rings. The molecule has 7 nitrogen and oxygen atoms in total. The molecule has 0 spiro atoms. The normalized spacial score (nSPS) is 13.1. The lowest BCUT2D eigenvalue weighted by Gasteiger charge is -2.34. The highest BCUT2D eigenvalue weighted by Gasteiger charge is 2.32. The molecule has 2 amide bonds. The third kappa shape index (κ3) is 7.85. The number of nitrogens with one attached hydrogen (secondary N) is 1. The lowest BCUT2D eigenvalue weighted by molar-refractivity contribution is -0.140. The van der Waals surface area contributed by atoms with Crippen molar-refractivity contribution in [2.75, 3.05) is 17.1 Å². The van der Waals surface area contributed by atoms with E-state index in [0.29, 0.717) is 33.3 Å². The van der Waals surface area contributed by atoms with Gasteiger partial charge in [-0.25, -0.2) is 8.42 Å². The Labute approximate surface area is 224 Å². The molecule has 0 aliphatic rings. The van der Waals surface area contributed by atoms with Gasteiger partial charge in [-0.1, -0.05) is 55.2 Å². The summed E-state index contributed by atoms with van der Waals surface area (Å²) in [6.45, 7) is 8.86. The predicted octanol–water partition coefficient (Wildman–Crippen LogP) is 5.10. The molecule has 198 valence electrons. The molecule has 0 aromatic heterocycles. The smallest absolute Gasteiger partial charge is 0.244 e. The van der Waals surface area contributed by atoms with Gasteiger partial charge >= 0.3 is 0 Å². The minimum absolute atomic E-state index is 0.0195. The van der Waals surface area contributed by atoms with Crippen LogP contribution in [0.1, 0.15) is 50.3 Å². The summed E-state index contributed by atoms with van der Waals surface area (Å²) in [7, 11) is -3.81. The van der Waals surface area contributed by atoms with Crippen molar-refractivity contribution in [2.45, 2.75) is 66.1 Å². The van der Waals surface area contributed by atoms with Crippen LogP contribution < -0.4 is 9.62 Å². The summed E-state index contributed by atoms with van der Waals surface area (Å²) in [4.78, 5) is 28.4. The van der Waals surface area contributed by atoms with E-state index in [1.54, 1.807) is 31.2 Å².